The average molecular weight is 509 g/mol. The molecule has 0 heterocycles. The van der Waals surface area contributed by atoms with Crippen LogP contribution in [0, 0.1) is 5.92 Å². The van der Waals surface area contributed by atoms with Crippen molar-refractivity contribution < 1.29 is 33.2 Å². The fourth-order valence-corrected chi connectivity index (χ4v) is 4.38. The molecule has 0 aliphatic carbocycles. The Balaban J connectivity index is 3.63. The first-order chi connectivity index (χ1) is 16.2. The van der Waals surface area contributed by atoms with Crippen molar-refractivity contribution in [3.8, 4) is 0 Å². The smallest absolute Gasteiger partial charge is 0.427 e. The van der Waals surface area contributed by atoms with E-state index in [-0.39, 0.29) is 18.8 Å². The maximum absolute atomic E-state index is 9.89. The van der Waals surface area contributed by atoms with E-state index in [1.807, 2.05) is 0 Å². The van der Waals surface area contributed by atoms with E-state index >= 15 is 0 Å². The van der Waals surface area contributed by atoms with Gasteiger partial charge in [-0.2, -0.15) is 0 Å². The lowest BCUT2D eigenvalue weighted by atomic mass is 9.79. The summed E-state index contributed by atoms with van der Waals surface area (Å²) in [6.07, 6.45) is 18.7. The van der Waals surface area contributed by atoms with Crippen LogP contribution in [-0.2, 0) is 13.8 Å². The number of quaternary nitrogens is 1. The number of hydrogen-bond donors (Lipinski definition) is 3. The third-order valence-electron chi connectivity index (χ3n) is 5.92. The van der Waals surface area contributed by atoms with Crippen LogP contribution < -0.4 is 0 Å². The summed E-state index contributed by atoms with van der Waals surface area (Å²) in [4.78, 5) is 9.89. The lowest BCUT2D eigenvalue weighted by Gasteiger charge is -2.24. The molecule has 2 unspecified atom stereocenters. The molecule has 0 aromatic heterocycles. The summed E-state index contributed by atoms with van der Waals surface area (Å²) in [7, 11) is 2.79. The van der Waals surface area contributed by atoms with E-state index in [0.29, 0.717) is 19.8 Å². The molecular formula is C25H56BNO6P+. The molecule has 0 rings (SSSR count). The van der Waals surface area contributed by atoms with Crippen molar-refractivity contribution in [3.05, 3.63) is 0 Å². The summed E-state index contributed by atoms with van der Waals surface area (Å²) in [5.41, 5.74) is 0. The van der Waals surface area contributed by atoms with Gasteiger partial charge in [0.2, 0.25) is 0 Å². The van der Waals surface area contributed by atoms with E-state index in [0.717, 1.165) is 17.4 Å². The predicted molar refractivity (Wildman–Crippen MR) is 144 cm³/mol. The summed E-state index contributed by atoms with van der Waals surface area (Å²) < 4.78 is 17.2. The van der Waals surface area contributed by atoms with E-state index in [9.17, 15) is 14.9 Å². The van der Waals surface area contributed by atoms with Gasteiger partial charge in [-0.05, 0) is 12.7 Å². The molecule has 0 fully saturated rings. The van der Waals surface area contributed by atoms with Gasteiger partial charge in [-0.3, -0.25) is 0 Å². The standard InChI is InChI=1S/C25H56BNO6P/c1-5-6-7-8-9-10-11-12-13-14-15-16-17-18-20-31-23-25(22-26(28)29)24-33-34(30)32-21-19-27(2,3)4/h25,28-30H,5-24H2,1-4H3/q+1. The van der Waals surface area contributed by atoms with Crippen LogP contribution in [0.5, 0.6) is 0 Å². The van der Waals surface area contributed by atoms with Crippen molar-refractivity contribution in [2.24, 2.45) is 5.92 Å². The SMILES string of the molecule is CCCCCCCCCCCCCCCCOCC(COP(O)OCC[N+](C)(C)C)CB(O)O. The molecule has 204 valence electrons. The Morgan fingerprint density at radius 2 is 1.21 bits per heavy atom. The maximum atomic E-state index is 9.89. The van der Waals surface area contributed by atoms with E-state index in [1.54, 1.807) is 0 Å². The first-order valence-corrected chi connectivity index (χ1v) is 14.9. The van der Waals surface area contributed by atoms with E-state index in [4.69, 9.17) is 13.8 Å². The van der Waals surface area contributed by atoms with Crippen molar-refractivity contribution in [1.29, 1.82) is 0 Å². The summed E-state index contributed by atoms with van der Waals surface area (Å²) in [5, 5.41) is 18.6. The monoisotopic (exact) mass is 508 g/mol. The lowest BCUT2D eigenvalue weighted by Crippen LogP contribution is -2.37. The molecule has 7 nitrogen and oxygen atoms in total. The molecular weight excluding hydrogens is 452 g/mol. The molecule has 3 N–H and O–H groups in total. The molecule has 0 aliphatic heterocycles. The second-order valence-corrected chi connectivity index (χ2v) is 11.6. The lowest BCUT2D eigenvalue weighted by molar-refractivity contribution is -0.870. The summed E-state index contributed by atoms with van der Waals surface area (Å²) in [5.74, 6) is -0.189. The van der Waals surface area contributed by atoms with Crippen molar-refractivity contribution >= 4 is 15.7 Å². The topological polar surface area (TPSA) is 88.4 Å². The minimum atomic E-state index is -1.96. The number of likely N-dealkylation sites (N-methyl/N-ethyl adjacent to an activating group) is 1. The normalized spacial score (nSPS) is 13.9. The Labute approximate surface area is 212 Å². The van der Waals surface area contributed by atoms with E-state index in [1.165, 1.54) is 83.5 Å². The molecule has 0 aromatic carbocycles. The number of nitrogens with zero attached hydrogens (tertiary/aromatic N) is 1. The number of unbranched alkanes of at least 4 members (excludes halogenated alkanes) is 13. The molecule has 0 radical (unpaired) electrons. The van der Waals surface area contributed by atoms with Crippen molar-refractivity contribution in [2.45, 2.75) is 103 Å². The van der Waals surface area contributed by atoms with Crippen LogP contribution in [0.15, 0.2) is 0 Å². The van der Waals surface area contributed by atoms with Gasteiger partial charge in [-0.25, -0.2) is 0 Å². The van der Waals surface area contributed by atoms with Crippen molar-refractivity contribution in [3.63, 3.8) is 0 Å². The van der Waals surface area contributed by atoms with Crippen LogP contribution in [0.4, 0.5) is 0 Å². The quantitative estimate of drug-likeness (QED) is 0.0616. The summed E-state index contributed by atoms with van der Waals surface area (Å²) >= 11 is 0. The number of hydrogen-bond acceptors (Lipinski definition) is 6. The van der Waals surface area contributed by atoms with Crippen LogP contribution in [0.1, 0.15) is 96.8 Å². The first kappa shape index (κ1) is 34.2. The van der Waals surface area contributed by atoms with Gasteiger partial charge in [0.15, 0.2) is 0 Å². The average Bonchev–Trinajstić information content (AvgIpc) is 2.75. The van der Waals surface area contributed by atoms with Gasteiger partial charge in [0.1, 0.15) is 13.2 Å². The highest BCUT2D eigenvalue weighted by Gasteiger charge is 2.20. The largest absolute Gasteiger partial charge is 0.451 e. The van der Waals surface area contributed by atoms with Crippen LogP contribution >= 0.6 is 8.60 Å². The molecule has 34 heavy (non-hydrogen) atoms. The Hall–Kier alpha value is 0.215. The number of ether oxygens (including phenoxy) is 1. The van der Waals surface area contributed by atoms with Gasteiger partial charge in [0.05, 0.1) is 34.4 Å². The van der Waals surface area contributed by atoms with Gasteiger partial charge in [-0.1, -0.05) is 90.4 Å². The van der Waals surface area contributed by atoms with E-state index in [2.05, 4.69) is 28.1 Å². The third kappa shape index (κ3) is 26.8. The molecule has 0 bridgehead atoms. The fourth-order valence-electron chi connectivity index (χ4n) is 3.73. The molecule has 0 saturated carbocycles. The second kappa shape index (κ2) is 23.6. The summed E-state index contributed by atoms with van der Waals surface area (Å²) in [6, 6.07) is 0. The van der Waals surface area contributed by atoms with E-state index < -0.39 is 15.7 Å². The zero-order chi connectivity index (χ0) is 25.5. The third-order valence-corrected chi connectivity index (χ3v) is 6.70. The van der Waals surface area contributed by atoms with Crippen LogP contribution in [0.3, 0.4) is 0 Å². The van der Waals surface area contributed by atoms with Crippen molar-refractivity contribution in [2.75, 3.05) is 54.1 Å². The molecule has 0 spiro atoms. The van der Waals surface area contributed by atoms with Crippen molar-refractivity contribution in [1.82, 2.24) is 0 Å². The van der Waals surface area contributed by atoms with Crippen LogP contribution in [-0.4, -0.2) is 80.7 Å². The molecule has 2 atom stereocenters. The predicted octanol–water partition coefficient (Wildman–Crippen LogP) is 5.53. The van der Waals surface area contributed by atoms with Crippen LogP contribution in [0.25, 0.3) is 0 Å². The second-order valence-electron chi connectivity index (χ2n) is 10.6. The summed E-state index contributed by atoms with van der Waals surface area (Å²) in [6.45, 7) is 4.69. The van der Waals surface area contributed by atoms with Crippen LogP contribution in [0.2, 0.25) is 6.32 Å². The first-order valence-electron chi connectivity index (χ1n) is 13.7. The Kier molecular flexibility index (Phi) is 23.8. The highest BCUT2D eigenvalue weighted by molar-refractivity contribution is 7.40. The molecule has 0 saturated heterocycles. The maximum Gasteiger partial charge on any atom is 0.451 e. The molecule has 9 heteroatoms. The minimum absolute atomic E-state index is 0.154. The fraction of sp³-hybridized carbons (Fsp3) is 1.00. The van der Waals surface area contributed by atoms with Gasteiger partial charge in [0, 0.05) is 12.5 Å². The van der Waals surface area contributed by atoms with Gasteiger partial charge < -0.3 is 33.2 Å². The Bertz CT molecular complexity index is 429. The Morgan fingerprint density at radius 1 is 0.706 bits per heavy atom. The minimum Gasteiger partial charge on any atom is -0.427 e. The van der Waals surface area contributed by atoms with Gasteiger partial charge >= 0.3 is 15.7 Å². The highest BCUT2D eigenvalue weighted by Crippen LogP contribution is 2.33. The van der Waals surface area contributed by atoms with Gasteiger partial charge in [-0.15, -0.1) is 0 Å². The Morgan fingerprint density at radius 3 is 1.68 bits per heavy atom. The highest BCUT2D eigenvalue weighted by atomic mass is 31.2. The molecule has 0 aliphatic rings. The zero-order valence-corrected chi connectivity index (χ0v) is 23.7. The molecule has 0 amide bonds. The zero-order valence-electron chi connectivity index (χ0n) is 22.8. The number of rotatable bonds is 26. The molecule has 0 aromatic rings. The van der Waals surface area contributed by atoms with Gasteiger partial charge in [0.25, 0.3) is 0 Å².